The summed E-state index contributed by atoms with van der Waals surface area (Å²) in [5, 5.41) is 6.36. The topological polar surface area (TPSA) is 74.3 Å². The normalized spacial score (nSPS) is 19.7. The van der Waals surface area contributed by atoms with Gasteiger partial charge >= 0.3 is 0 Å². The summed E-state index contributed by atoms with van der Waals surface area (Å²) in [6.45, 7) is 8.10. The lowest BCUT2D eigenvalue weighted by molar-refractivity contribution is -0.118. The Hall–Kier alpha value is -3.41. The number of nitrogens with one attached hydrogen (secondary N) is 2. The number of rotatable bonds is 4. The third-order valence-corrected chi connectivity index (χ3v) is 6.38. The van der Waals surface area contributed by atoms with Crippen molar-refractivity contribution in [1.29, 1.82) is 0 Å². The van der Waals surface area contributed by atoms with Gasteiger partial charge in [-0.05, 0) is 61.1 Å². The quantitative estimate of drug-likeness (QED) is 0.715. The summed E-state index contributed by atoms with van der Waals surface area (Å²) in [6, 6.07) is 11.8. The molecule has 1 unspecified atom stereocenters. The van der Waals surface area contributed by atoms with E-state index < -0.39 is 5.92 Å². The Morgan fingerprint density at radius 1 is 1.12 bits per heavy atom. The fraction of sp³-hybridized carbons (Fsp3) is 0.370. The van der Waals surface area contributed by atoms with Crippen LogP contribution in [0.3, 0.4) is 0 Å². The lowest BCUT2D eigenvalue weighted by atomic mass is 9.68. The predicted molar refractivity (Wildman–Crippen MR) is 132 cm³/mol. The van der Waals surface area contributed by atoms with Gasteiger partial charge in [0.1, 0.15) is 5.82 Å². The Balaban J connectivity index is 1.80. The number of ketones is 1. The maximum absolute atomic E-state index is 13.6. The van der Waals surface area contributed by atoms with Crippen LogP contribution in [0, 0.1) is 12.3 Å². The highest BCUT2D eigenvalue weighted by Gasteiger charge is 2.42. The Kier molecular flexibility index (Phi) is 5.87. The zero-order chi connectivity index (χ0) is 23.9. The molecule has 0 saturated carbocycles. The minimum atomic E-state index is -0.425. The fourth-order valence-corrected chi connectivity index (χ4v) is 4.82. The van der Waals surface area contributed by atoms with Crippen molar-refractivity contribution in [2.45, 2.75) is 46.5 Å². The summed E-state index contributed by atoms with van der Waals surface area (Å²) in [5.41, 5.74) is 5.86. The van der Waals surface area contributed by atoms with Gasteiger partial charge in [0.05, 0.1) is 0 Å². The molecule has 6 heteroatoms. The summed E-state index contributed by atoms with van der Waals surface area (Å²) in [4.78, 5) is 33.3. The van der Waals surface area contributed by atoms with Crippen LogP contribution < -0.4 is 15.5 Å². The molecule has 33 heavy (non-hydrogen) atoms. The highest BCUT2D eigenvalue weighted by molar-refractivity contribution is 6.09. The van der Waals surface area contributed by atoms with Gasteiger partial charge < -0.3 is 15.5 Å². The van der Waals surface area contributed by atoms with Gasteiger partial charge in [-0.25, -0.2) is 4.98 Å². The number of carbonyl (C=O) groups excluding carboxylic acids is 2. The van der Waals surface area contributed by atoms with Crippen molar-refractivity contribution in [3.8, 4) is 0 Å². The van der Waals surface area contributed by atoms with E-state index >= 15 is 0 Å². The molecule has 0 fully saturated rings. The van der Waals surface area contributed by atoms with Gasteiger partial charge in [-0.15, -0.1) is 0 Å². The van der Waals surface area contributed by atoms with Crippen molar-refractivity contribution in [2.75, 3.05) is 24.3 Å². The number of amides is 1. The Bertz CT molecular complexity index is 1170. The molecule has 172 valence electrons. The highest BCUT2D eigenvalue weighted by Crippen LogP contribution is 2.46. The molecule has 1 aromatic heterocycles. The van der Waals surface area contributed by atoms with Gasteiger partial charge in [-0.3, -0.25) is 9.59 Å². The van der Waals surface area contributed by atoms with Crippen LogP contribution in [0.15, 0.2) is 65.1 Å². The van der Waals surface area contributed by atoms with Crippen LogP contribution in [0.4, 0.5) is 11.5 Å². The molecule has 0 saturated heterocycles. The van der Waals surface area contributed by atoms with E-state index in [0.29, 0.717) is 23.4 Å². The number of dihydropyridines is 1. The molecule has 4 rings (SSSR count). The molecule has 1 aliphatic carbocycles. The number of anilines is 2. The number of hydrogen-bond acceptors (Lipinski definition) is 5. The average Bonchev–Trinajstić information content (AvgIpc) is 2.71. The molecular formula is C27H32N4O2. The van der Waals surface area contributed by atoms with E-state index in [2.05, 4.69) is 29.5 Å². The van der Waals surface area contributed by atoms with Gasteiger partial charge in [-0.2, -0.15) is 0 Å². The number of Topliss-reactive ketones (excluding diaryl/α,β-unsaturated/α-hetero) is 1. The van der Waals surface area contributed by atoms with Crippen LogP contribution >= 0.6 is 0 Å². The Morgan fingerprint density at radius 2 is 1.82 bits per heavy atom. The van der Waals surface area contributed by atoms with Crippen molar-refractivity contribution in [3.63, 3.8) is 0 Å². The molecule has 1 amide bonds. The zero-order valence-corrected chi connectivity index (χ0v) is 20.2. The molecule has 1 atom stereocenters. The fourth-order valence-electron chi connectivity index (χ4n) is 4.82. The molecule has 2 aliphatic rings. The zero-order valence-electron chi connectivity index (χ0n) is 20.2. The van der Waals surface area contributed by atoms with Crippen LogP contribution in [-0.4, -0.2) is 30.8 Å². The summed E-state index contributed by atoms with van der Waals surface area (Å²) in [7, 11) is 3.98. The number of aryl methyl sites for hydroxylation is 1. The maximum atomic E-state index is 13.6. The molecule has 6 nitrogen and oxygen atoms in total. The number of pyridine rings is 1. The van der Waals surface area contributed by atoms with Crippen molar-refractivity contribution >= 4 is 23.2 Å². The van der Waals surface area contributed by atoms with E-state index in [1.165, 1.54) is 0 Å². The average molecular weight is 445 g/mol. The number of allylic oxidation sites excluding steroid dienone is 3. The Labute approximate surface area is 195 Å². The number of benzene rings is 1. The molecule has 0 radical (unpaired) electrons. The smallest absolute Gasteiger partial charge is 0.255 e. The van der Waals surface area contributed by atoms with E-state index in [0.717, 1.165) is 34.6 Å². The molecule has 2 heterocycles. The minimum absolute atomic E-state index is 0.0990. The van der Waals surface area contributed by atoms with Crippen LogP contribution in [0.5, 0.6) is 0 Å². The molecule has 1 aromatic carbocycles. The van der Waals surface area contributed by atoms with Crippen LogP contribution in [-0.2, 0) is 9.59 Å². The maximum Gasteiger partial charge on any atom is 0.255 e. The van der Waals surface area contributed by atoms with E-state index in [4.69, 9.17) is 0 Å². The third-order valence-electron chi connectivity index (χ3n) is 6.38. The molecule has 1 aliphatic heterocycles. The number of aromatic nitrogens is 1. The van der Waals surface area contributed by atoms with E-state index in [-0.39, 0.29) is 17.1 Å². The number of carbonyl (C=O) groups is 2. The van der Waals surface area contributed by atoms with Gasteiger partial charge in [0.25, 0.3) is 5.91 Å². The van der Waals surface area contributed by atoms with Gasteiger partial charge in [-0.1, -0.05) is 26.0 Å². The van der Waals surface area contributed by atoms with Crippen molar-refractivity contribution in [2.24, 2.45) is 5.41 Å². The first-order chi connectivity index (χ1) is 15.6. The summed E-state index contributed by atoms with van der Waals surface area (Å²) in [6.07, 6.45) is 2.91. The minimum Gasteiger partial charge on any atom is -0.378 e. The summed E-state index contributed by atoms with van der Waals surface area (Å²) >= 11 is 0. The van der Waals surface area contributed by atoms with Gasteiger partial charge in [0.2, 0.25) is 0 Å². The van der Waals surface area contributed by atoms with Crippen molar-refractivity contribution < 1.29 is 9.59 Å². The highest BCUT2D eigenvalue weighted by atomic mass is 16.2. The van der Waals surface area contributed by atoms with E-state index in [1.54, 1.807) is 6.20 Å². The lowest BCUT2D eigenvalue weighted by Crippen LogP contribution is -2.39. The van der Waals surface area contributed by atoms with Crippen LogP contribution in [0.1, 0.15) is 50.7 Å². The number of hydrogen-bond donors (Lipinski definition) is 2. The largest absolute Gasteiger partial charge is 0.378 e. The third kappa shape index (κ3) is 4.56. The second-order valence-corrected chi connectivity index (χ2v) is 10.1. The molecular weight excluding hydrogens is 412 g/mol. The van der Waals surface area contributed by atoms with Crippen LogP contribution in [0.2, 0.25) is 0 Å². The summed E-state index contributed by atoms with van der Waals surface area (Å²) < 4.78 is 0. The van der Waals surface area contributed by atoms with Gasteiger partial charge in [0, 0.05) is 60.9 Å². The monoisotopic (exact) mass is 444 g/mol. The standard InChI is InChI=1S/C27H32N4O2/c1-16-11-12-28-22(13-16)30-26(33)23-17(2)29-20-14-27(3,4)15-21(32)25(20)24(23)18-7-9-19(10-8-18)31(5)6/h7-13,24,29H,14-15H2,1-6H3,(H,28,30,33). The molecule has 2 N–H and O–H groups in total. The first kappa shape index (κ1) is 22.8. The lowest BCUT2D eigenvalue weighted by Gasteiger charge is -2.39. The molecule has 0 bridgehead atoms. The first-order valence-corrected chi connectivity index (χ1v) is 11.3. The summed E-state index contributed by atoms with van der Waals surface area (Å²) in [5.74, 6) is -0.0744. The van der Waals surface area contributed by atoms with E-state index in [1.807, 2.05) is 69.2 Å². The SMILES string of the molecule is CC1=C(C(=O)Nc2cc(C)ccn2)C(c2ccc(N(C)C)cc2)C2=C(CC(C)(C)CC2=O)N1. The molecule has 2 aromatic rings. The second-order valence-electron chi connectivity index (χ2n) is 10.1. The first-order valence-electron chi connectivity index (χ1n) is 11.3. The van der Waals surface area contributed by atoms with Gasteiger partial charge in [0.15, 0.2) is 5.78 Å². The Morgan fingerprint density at radius 3 is 2.45 bits per heavy atom. The molecule has 0 spiro atoms. The predicted octanol–water partition coefficient (Wildman–Crippen LogP) is 4.70. The van der Waals surface area contributed by atoms with E-state index in [9.17, 15) is 9.59 Å². The van der Waals surface area contributed by atoms with Crippen molar-refractivity contribution in [1.82, 2.24) is 10.3 Å². The number of nitrogens with zero attached hydrogens (tertiary/aromatic N) is 2. The second kappa shape index (κ2) is 8.50. The van der Waals surface area contributed by atoms with Crippen molar-refractivity contribution in [3.05, 3.63) is 76.3 Å². The van der Waals surface area contributed by atoms with Crippen LogP contribution in [0.25, 0.3) is 0 Å².